The lowest BCUT2D eigenvalue weighted by atomic mass is 10.2. The van der Waals surface area contributed by atoms with Gasteiger partial charge in [0.25, 0.3) is 0 Å². The van der Waals surface area contributed by atoms with Gasteiger partial charge < -0.3 is 20.5 Å². The van der Waals surface area contributed by atoms with Crippen molar-refractivity contribution in [3.63, 3.8) is 0 Å². The summed E-state index contributed by atoms with van der Waals surface area (Å²) in [5, 5.41) is 3.10. The van der Waals surface area contributed by atoms with E-state index in [2.05, 4.69) is 5.32 Å². The Kier molecular flexibility index (Phi) is 8.15. The lowest BCUT2D eigenvalue weighted by Crippen LogP contribution is -2.45. The minimum atomic E-state index is -0.336. The molecule has 0 rings (SSSR count). The van der Waals surface area contributed by atoms with E-state index in [1.165, 1.54) is 0 Å². The molecule has 0 aliphatic heterocycles. The first-order valence-corrected chi connectivity index (χ1v) is 5.63. The van der Waals surface area contributed by atoms with Crippen molar-refractivity contribution in [2.75, 3.05) is 20.3 Å². The van der Waals surface area contributed by atoms with Gasteiger partial charge in [-0.15, -0.1) is 0 Å². The average molecular weight is 232 g/mol. The van der Waals surface area contributed by atoms with Gasteiger partial charge in [-0.1, -0.05) is 13.8 Å². The van der Waals surface area contributed by atoms with Crippen molar-refractivity contribution in [2.45, 2.75) is 45.4 Å². The number of hydrogen-bond donors (Lipinski definition) is 2. The van der Waals surface area contributed by atoms with Crippen LogP contribution in [0.2, 0.25) is 0 Å². The normalized spacial score (nSPS) is 15.1. The second-order valence-electron chi connectivity index (χ2n) is 4.20. The van der Waals surface area contributed by atoms with E-state index in [1.54, 1.807) is 7.11 Å². The van der Waals surface area contributed by atoms with Crippen LogP contribution in [0.1, 0.15) is 27.2 Å². The quantitative estimate of drug-likeness (QED) is 0.599. The highest BCUT2D eigenvalue weighted by atomic mass is 16.5. The Morgan fingerprint density at radius 1 is 1.38 bits per heavy atom. The van der Waals surface area contributed by atoms with Gasteiger partial charge in [-0.2, -0.15) is 0 Å². The van der Waals surface area contributed by atoms with E-state index < -0.39 is 0 Å². The van der Waals surface area contributed by atoms with E-state index in [-0.39, 0.29) is 24.1 Å². The maximum Gasteiger partial charge on any atom is 0.234 e. The van der Waals surface area contributed by atoms with Crippen LogP contribution in [0.25, 0.3) is 0 Å². The first kappa shape index (κ1) is 15.3. The van der Waals surface area contributed by atoms with Crippen LogP contribution in [-0.2, 0) is 14.3 Å². The van der Waals surface area contributed by atoms with Gasteiger partial charge in [0, 0.05) is 19.8 Å². The largest absolute Gasteiger partial charge is 0.382 e. The van der Waals surface area contributed by atoms with Crippen molar-refractivity contribution >= 4 is 5.91 Å². The van der Waals surface area contributed by atoms with Gasteiger partial charge >= 0.3 is 0 Å². The SMILES string of the molecule is COCC(C)OCCC(NC(C)C)C(N)=O. The lowest BCUT2D eigenvalue weighted by Gasteiger charge is -2.19. The Morgan fingerprint density at radius 2 is 2.00 bits per heavy atom. The molecule has 0 saturated carbocycles. The van der Waals surface area contributed by atoms with Gasteiger partial charge in [0.05, 0.1) is 18.8 Å². The van der Waals surface area contributed by atoms with Crippen molar-refractivity contribution in [1.29, 1.82) is 0 Å². The standard InChI is InChI=1S/C11H24N2O3/c1-8(2)13-10(11(12)14)5-6-16-9(3)7-15-4/h8-10,13H,5-7H2,1-4H3,(H2,12,14). The minimum Gasteiger partial charge on any atom is -0.382 e. The van der Waals surface area contributed by atoms with E-state index in [1.807, 2.05) is 20.8 Å². The number of hydrogen-bond acceptors (Lipinski definition) is 4. The maximum absolute atomic E-state index is 11.1. The highest BCUT2D eigenvalue weighted by molar-refractivity contribution is 5.79. The molecule has 0 aliphatic carbocycles. The Labute approximate surface area is 97.7 Å². The zero-order valence-electron chi connectivity index (χ0n) is 10.7. The number of rotatable bonds is 9. The molecule has 0 aliphatic rings. The molecule has 96 valence electrons. The molecule has 0 heterocycles. The molecular formula is C11H24N2O3. The first-order chi connectivity index (χ1) is 7.47. The lowest BCUT2D eigenvalue weighted by molar-refractivity contribution is -0.120. The Bertz CT molecular complexity index is 198. The number of primary amides is 1. The average Bonchev–Trinajstić information content (AvgIpc) is 2.15. The van der Waals surface area contributed by atoms with E-state index in [0.29, 0.717) is 19.6 Å². The van der Waals surface area contributed by atoms with E-state index >= 15 is 0 Å². The summed E-state index contributed by atoms with van der Waals surface area (Å²) in [6.45, 7) is 6.93. The number of carbonyl (C=O) groups excluding carboxylic acids is 1. The van der Waals surface area contributed by atoms with Crippen molar-refractivity contribution in [3.8, 4) is 0 Å². The minimum absolute atomic E-state index is 0.0394. The molecule has 0 radical (unpaired) electrons. The number of carbonyl (C=O) groups is 1. The van der Waals surface area contributed by atoms with E-state index in [0.717, 1.165) is 0 Å². The Balaban J connectivity index is 3.80. The van der Waals surface area contributed by atoms with Gasteiger partial charge in [0.2, 0.25) is 5.91 Å². The highest BCUT2D eigenvalue weighted by Crippen LogP contribution is 1.98. The predicted octanol–water partition coefficient (Wildman–Crippen LogP) is 0.280. The molecule has 0 aromatic heterocycles. The summed E-state index contributed by atoms with van der Waals surface area (Å²) in [6, 6.07) is -0.0938. The number of ether oxygens (including phenoxy) is 2. The molecule has 2 atom stereocenters. The fourth-order valence-corrected chi connectivity index (χ4v) is 1.38. The van der Waals surface area contributed by atoms with Gasteiger partial charge in [0.15, 0.2) is 0 Å². The summed E-state index contributed by atoms with van der Waals surface area (Å²) in [7, 11) is 1.63. The zero-order chi connectivity index (χ0) is 12.6. The van der Waals surface area contributed by atoms with Gasteiger partial charge in [0.1, 0.15) is 0 Å². The summed E-state index contributed by atoms with van der Waals surface area (Å²) in [5.74, 6) is -0.336. The second kappa shape index (κ2) is 8.50. The number of amides is 1. The summed E-state index contributed by atoms with van der Waals surface area (Å²) in [5.41, 5.74) is 5.28. The second-order valence-corrected chi connectivity index (χ2v) is 4.20. The molecule has 0 fully saturated rings. The molecule has 0 saturated heterocycles. The van der Waals surface area contributed by atoms with Crippen LogP contribution in [0.15, 0.2) is 0 Å². The smallest absolute Gasteiger partial charge is 0.234 e. The van der Waals surface area contributed by atoms with Gasteiger partial charge in [-0.3, -0.25) is 4.79 Å². The summed E-state index contributed by atoms with van der Waals surface area (Å²) >= 11 is 0. The van der Waals surface area contributed by atoms with E-state index in [9.17, 15) is 4.79 Å². The molecule has 0 spiro atoms. The number of nitrogens with one attached hydrogen (secondary N) is 1. The first-order valence-electron chi connectivity index (χ1n) is 5.63. The van der Waals surface area contributed by atoms with Crippen molar-refractivity contribution in [3.05, 3.63) is 0 Å². The van der Waals surface area contributed by atoms with Gasteiger partial charge in [-0.05, 0) is 13.3 Å². The van der Waals surface area contributed by atoms with Crippen LogP contribution in [0.3, 0.4) is 0 Å². The highest BCUT2D eigenvalue weighted by Gasteiger charge is 2.16. The zero-order valence-corrected chi connectivity index (χ0v) is 10.7. The van der Waals surface area contributed by atoms with Gasteiger partial charge in [-0.25, -0.2) is 0 Å². The fraction of sp³-hybridized carbons (Fsp3) is 0.909. The van der Waals surface area contributed by atoms with Crippen LogP contribution >= 0.6 is 0 Å². The van der Waals surface area contributed by atoms with Crippen molar-refractivity contribution in [1.82, 2.24) is 5.32 Å². The maximum atomic E-state index is 11.1. The third-order valence-corrected chi connectivity index (χ3v) is 2.09. The number of methoxy groups -OCH3 is 1. The molecule has 16 heavy (non-hydrogen) atoms. The molecule has 5 nitrogen and oxygen atoms in total. The molecule has 5 heteroatoms. The molecule has 0 bridgehead atoms. The predicted molar refractivity (Wildman–Crippen MR) is 63.2 cm³/mol. The number of nitrogens with two attached hydrogens (primary N) is 1. The Morgan fingerprint density at radius 3 is 2.44 bits per heavy atom. The third kappa shape index (κ3) is 7.62. The molecule has 2 unspecified atom stereocenters. The van der Waals surface area contributed by atoms with Crippen molar-refractivity contribution in [2.24, 2.45) is 5.73 Å². The summed E-state index contributed by atoms with van der Waals surface area (Å²) in [4.78, 5) is 11.1. The van der Waals surface area contributed by atoms with Crippen LogP contribution in [0.5, 0.6) is 0 Å². The Hall–Kier alpha value is -0.650. The summed E-state index contributed by atoms with van der Waals surface area (Å²) < 4.78 is 10.4. The van der Waals surface area contributed by atoms with Crippen molar-refractivity contribution < 1.29 is 14.3 Å². The van der Waals surface area contributed by atoms with Crippen LogP contribution in [-0.4, -0.2) is 44.4 Å². The monoisotopic (exact) mass is 232 g/mol. The molecule has 0 aromatic carbocycles. The fourth-order valence-electron chi connectivity index (χ4n) is 1.38. The van der Waals surface area contributed by atoms with Crippen LogP contribution < -0.4 is 11.1 Å². The topological polar surface area (TPSA) is 73.6 Å². The third-order valence-electron chi connectivity index (χ3n) is 2.09. The van der Waals surface area contributed by atoms with Crippen LogP contribution in [0.4, 0.5) is 0 Å². The molecule has 0 aromatic rings. The molecular weight excluding hydrogens is 208 g/mol. The van der Waals surface area contributed by atoms with Crippen LogP contribution in [0, 0.1) is 0 Å². The molecule has 3 N–H and O–H groups in total. The summed E-state index contributed by atoms with van der Waals surface area (Å²) in [6.07, 6.45) is 0.624. The molecule has 1 amide bonds. The van der Waals surface area contributed by atoms with E-state index in [4.69, 9.17) is 15.2 Å².